The molecule has 0 amide bonds. The van der Waals surface area contributed by atoms with Gasteiger partial charge in [0.05, 0.1) is 6.61 Å². The van der Waals surface area contributed by atoms with Crippen LogP contribution in [0, 0.1) is 0 Å². The van der Waals surface area contributed by atoms with Crippen LogP contribution in [0.15, 0.2) is 72.9 Å². The van der Waals surface area contributed by atoms with Gasteiger partial charge in [-0.25, -0.2) is 0 Å². The van der Waals surface area contributed by atoms with Gasteiger partial charge in [-0.15, -0.1) is 0 Å². The van der Waals surface area contributed by atoms with E-state index in [1.165, 1.54) is 12.8 Å². The van der Waals surface area contributed by atoms with Crippen LogP contribution in [0.5, 0.6) is 0 Å². The number of aliphatic hydroxyl groups is 1. The molecule has 0 aromatic heterocycles. The predicted molar refractivity (Wildman–Crippen MR) is 168 cm³/mol. The van der Waals surface area contributed by atoms with E-state index in [-0.39, 0.29) is 25.6 Å². The molecule has 0 aromatic rings. The first-order valence-electron chi connectivity index (χ1n) is 15.5. The van der Waals surface area contributed by atoms with Crippen LogP contribution < -0.4 is 0 Å². The Kier molecular flexibility index (Phi) is 28.8. The fourth-order valence-electron chi connectivity index (χ4n) is 3.66. The first-order chi connectivity index (χ1) is 19.6. The summed E-state index contributed by atoms with van der Waals surface area (Å²) in [4.78, 5) is 24.0. The minimum absolute atomic E-state index is 0.106. The monoisotopic (exact) mass is 556 g/mol. The zero-order chi connectivity index (χ0) is 29.4. The van der Waals surface area contributed by atoms with Crippen molar-refractivity contribution in [3.05, 3.63) is 72.9 Å². The van der Waals surface area contributed by atoms with Gasteiger partial charge in [-0.1, -0.05) is 112 Å². The summed E-state index contributed by atoms with van der Waals surface area (Å²) in [5, 5.41) is 9.46. The Labute approximate surface area is 244 Å². The SMILES string of the molecule is CC/C=C\C/C=C\C/C=C\C/C=C\CCC(=O)OC(CO)COC(=O)CCCCCCC/C=C\C/C=C\CCC. The fourth-order valence-corrected chi connectivity index (χ4v) is 3.66. The van der Waals surface area contributed by atoms with Gasteiger partial charge in [0.1, 0.15) is 6.61 Å². The van der Waals surface area contributed by atoms with Crippen LogP contribution in [-0.2, 0) is 19.1 Å². The molecule has 0 spiro atoms. The summed E-state index contributed by atoms with van der Waals surface area (Å²) in [6.07, 6.45) is 39.6. The van der Waals surface area contributed by atoms with Crippen molar-refractivity contribution in [2.45, 2.75) is 123 Å². The first-order valence-corrected chi connectivity index (χ1v) is 15.5. The molecular formula is C35H56O5. The van der Waals surface area contributed by atoms with E-state index in [0.717, 1.165) is 70.6 Å². The average molecular weight is 557 g/mol. The van der Waals surface area contributed by atoms with Crippen molar-refractivity contribution in [3.8, 4) is 0 Å². The molecule has 0 fully saturated rings. The Morgan fingerprint density at radius 2 is 1.12 bits per heavy atom. The molecular weight excluding hydrogens is 500 g/mol. The molecule has 0 aliphatic heterocycles. The lowest BCUT2D eigenvalue weighted by Crippen LogP contribution is -2.28. The summed E-state index contributed by atoms with van der Waals surface area (Å²) >= 11 is 0. The van der Waals surface area contributed by atoms with Gasteiger partial charge in [0.15, 0.2) is 6.10 Å². The molecule has 5 heteroatoms. The summed E-state index contributed by atoms with van der Waals surface area (Å²) < 4.78 is 10.4. The molecule has 0 bridgehead atoms. The van der Waals surface area contributed by atoms with E-state index < -0.39 is 12.1 Å². The molecule has 1 atom stereocenters. The lowest BCUT2D eigenvalue weighted by Gasteiger charge is -2.15. The molecule has 5 nitrogen and oxygen atoms in total. The molecule has 1 N–H and O–H groups in total. The van der Waals surface area contributed by atoms with Crippen LogP contribution in [0.4, 0.5) is 0 Å². The highest BCUT2D eigenvalue weighted by Gasteiger charge is 2.15. The summed E-state index contributed by atoms with van der Waals surface area (Å²) in [5.74, 6) is -0.714. The summed E-state index contributed by atoms with van der Waals surface area (Å²) in [6, 6.07) is 0. The Hall–Kier alpha value is -2.66. The van der Waals surface area contributed by atoms with Crippen molar-refractivity contribution in [1.29, 1.82) is 0 Å². The molecule has 0 saturated carbocycles. The molecule has 1 unspecified atom stereocenters. The number of allylic oxidation sites excluding steroid dienone is 12. The summed E-state index contributed by atoms with van der Waals surface area (Å²) in [7, 11) is 0. The zero-order valence-corrected chi connectivity index (χ0v) is 25.3. The lowest BCUT2D eigenvalue weighted by atomic mass is 10.1. The van der Waals surface area contributed by atoms with Crippen LogP contribution in [-0.4, -0.2) is 36.4 Å². The Morgan fingerprint density at radius 3 is 1.73 bits per heavy atom. The largest absolute Gasteiger partial charge is 0.462 e. The topological polar surface area (TPSA) is 72.8 Å². The molecule has 0 aliphatic rings. The van der Waals surface area contributed by atoms with Gasteiger partial charge in [0, 0.05) is 12.8 Å². The number of hydrogen-bond donors (Lipinski definition) is 1. The smallest absolute Gasteiger partial charge is 0.306 e. The average Bonchev–Trinajstić information content (AvgIpc) is 2.96. The maximum Gasteiger partial charge on any atom is 0.306 e. The number of rotatable bonds is 26. The van der Waals surface area contributed by atoms with Crippen molar-refractivity contribution in [3.63, 3.8) is 0 Å². The minimum Gasteiger partial charge on any atom is -0.462 e. The number of unbranched alkanes of at least 4 members (excludes halogenated alkanes) is 6. The van der Waals surface area contributed by atoms with E-state index >= 15 is 0 Å². The van der Waals surface area contributed by atoms with Crippen molar-refractivity contribution < 1.29 is 24.2 Å². The molecule has 40 heavy (non-hydrogen) atoms. The maximum absolute atomic E-state index is 12.0. The van der Waals surface area contributed by atoms with Gasteiger partial charge in [-0.05, 0) is 64.2 Å². The van der Waals surface area contributed by atoms with E-state index in [1.54, 1.807) is 0 Å². The standard InChI is InChI=1S/C35H56O5/c1-3-5-7-9-11-13-15-17-19-21-23-25-27-29-34(37)39-32-33(31-36)40-35(38)30-28-26-24-22-20-18-16-14-12-10-8-6-4-2/h6-9,12-15,18,20,24,26,33,36H,3-5,10-11,16-17,19,21-23,25,27-32H2,1-2H3/b8-6-,9-7-,14-12-,15-13-,20-18-,26-24-. The van der Waals surface area contributed by atoms with Crippen molar-refractivity contribution in [1.82, 2.24) is 0 Å². The van der Waals surface area contributed by atoms with E-state index in [1.807, 2.05) is 12.2 Å². The second-order valence-electron chi connectivity index (χ2n) is 9.79. The lowest BCUT2D eigenvalue weighted by molar-refractivity contribution is -0.161. The van der Waals surface area contributed by atoms with Gasteiger partial charge in [-0.2, -0.15) is 0 Å². The van der Waals surface area contributed by atoms with E-state index in [0.29, 0.717) is 12.8 Å². The van der Waals surface area contributed by atoms with Crippen LogP contribution in [0.2, 0.25) is 0 Å². The quantitative estimate of drug-likeness (QED) is 0.0653. The number of esters is 2. The second-order valence-corrected chi connectivity index (χ2v) is 9.79. The Morgan fingerprint density at radius 1 is 0.600 bits per heavy atom. The molecule has 0 heterocycles. The van der Waals surface area contributed by atoms with Gasteiger partial charge < -0.3 is 14.6 Å². The summed E-state index contributed by atoms with van der Waals surface area (Å²) in [6.45, 7) is 3.84. The van der Waals surface area contributed by atoms with Crippen LogP contribution >= 0.6 is 0 Å². The normalized spacial score (nSPS) is 13.2. The number of carbonyl (C=O) groups excluding carboxylic acids is 2. The zero-order valence-electron chi connectivity index (χ0n) is 25.3. The second kappa shape index (κ2) is 30.9. The fraction of sp³-hybridized carbons (Fsp3) is 0.600. The third-order valence-corrected chi connectivity index (χ3v) is 5.98. The molecule has 226 valence electrons. The Bertz CT molecular complexity index is 773. The highest BCUT2D eigenvalue weighted by Crippen LogP contribution is 2.09. The maximum atomic E-state index is 12.0. The molecule has 0 rings (SSSR count). The Balaban J connectivity index is 3.77. The van der Waals surface area contributed by atoms with Gasteiger partial charge in [0.2, 0.25) is 0 Å². The van der Waals surface area contributed by atoms with Crippen molar-refractivity contribution in [2.24, 2.45) is 0 Å². The van der Waals surface area contributed by atoms with Crippen LogP contribution in [0.1, 0.15) is 117 Å². The molecule has 0 radical (unpaired) electrons. The third kappa shape index (κ3) is 28.4. The molecule has 0 aromatic carbocycles. The highest BCUT2D eigenvalue weighted by atomic mass is 16.6. The van der Waals surface area contributed by atoms with E-state index in [9.17, 15) is 14.7 Å². The van der Waals surface area contributed by atoms with Gasteiger partial charge >= 0.3 is 11.9 Å². The predicted octanol–water partition coefficient (Wildman–Crippen LogP) is 9.05. The van der Waals surface area contributed by atoms with Crippen LogP contribution in [0.25, 0.3) is 0 Å². The number of hydrogen-bond acceptors (Lipinski definition) is 5. The number of aliphatic hydroxyl groups excluding tert-OH is 1. The van der Waals surface area contributed by atoms with Crippen molar-refractivity contribution in [2.75, 3.05) is 13.2 Å². The van der Waals surface area contributed by atoms with Crippen LogP contribution in [0.3, 0.4) is 0 Å². The van der Waals surface area contributed by atoms with Crippen molar-refractivity contribution >= 4 is 11.9 Å². The highest BCUT2D eigenvalue weighted by molar-refractivity contribution is 5.70. The molecule has 0 aliphatic carbocycles. The van der Waals surface area contributed by atoms with Gasteiger partial charge in [-0.3, -0.25) is 9.59 Å². The summed E-state index contributed by atoms with van der Waals surface area (Å²) in [5.41, 5.74) is 0. The van der Waals surface area contributed by atoms with E-state index in [2.05, 4.69) is 74.6 Å². The number of ether oxygens (including phenoxy) is 2. The van der Waals surface area contributed by atoms with Gasteiger partial charge in [0.25, 0.3) is 0 Å². The molecule has 0 saturated heterocycles. The third-order valence-electron chi connectivity index (χ3n) is 5.98. The number of carbonyl (C=O) groups is 2. The minimum atomic E-state index is -0.816. The first kappa shape index (κ1) is 37.3. The van der Waals surface area contributed by atoms with E-state index in [4.69, 9.17) is 9.47 Å².